The number of carboxylic acid groups (broad SMARTS) is 1. The fourth-order valence-electron chi connectivity index (χ4n) is 1.52. The highest BCUT2D eigenvalue weighted by molar-refractivity contribution is 5.72. The first-order valence-corrected chi connectivity index (χ1v) is 5.73. The van der Waals surface area contributed by atoms with Gasteiger partial charge in [-0.05, 0) is 31.5 Å². The van der Waals surface area contributed by atoms with Crippen molar-refractivity contribution in [3.63, 3.8) is 0 Å². The molecule has 0 unspecified atom stereocenters. The highest BCUT2D eigenvalue weighted by Crippen LogP contribution is 2.14. The molecule has 0 radical (unpaired) electrons. The van der Waals surface area contributed by atoms with Crippen LogP contribution in [0.5, 0.6) is 5.75 Å². The van der Waals surface area contributed by atoms with Crippen LogP contribution in [0.3, 0.4) is 0 Å². The summed E-state index contributed by atoms with van der Waals surface area (Å²) in [5.74, 6) is -0.139. The van der Waals surface area contributed by atoms with Crippen molar-refractivity contribution in [3.8, 4) is 5.75 Å². The van der Waals surface area contributed by atoms with Gasteiger partial charge in [-0.3, -0.25) is 0 Å². The standard InChI is InChI=1S/C13H18O4/c1-3-16-11-7-5-10(6-8-11)9-12(13(14)15)17-4-2/h5-8,12H,3-4,9H2,1-2H3,(H,14,15)/t12-/m0/s1. The zero-order chi connectivity index (χ0) is 12.7. The molecule has 1 N–H and O–H groups in total. The van der Waals surface area contributed by atoms with Crippen molar-refractivity contribution in [2.24, 2.45) is 0 Å². The predicted octanol–water partition coefficient (Wildman–Crippen LogP) is 2.12. The molecule has 1 rings (SSSR count). The quantitative estimate of drug-likeness (QED) is 0.790. The molecule has 1 atom stereocenters. The van der Waals surface area contributed by atoms with Crippen LogP contribution in [0.25, 0.3) is 0 Å². The van der Waals surface area contributed by atoms with Crippen LogP contribution in [0.15, 0.2) is 24.3 Å². The third kappa shape index (κ3) is 4.44. The summed E-state index contributed by atoms with van der Waals surface area (Å²) in [6, 6.07) is 7.40. The van der Waals surface area contributed by atoms with Crippen molar-refractivity contribution in [2.75, 3.05) is 13.2 Å². The van der Waals surface area contributed by atoms with Crippen LogP contribution in [0, 0.1) is 0 Å². The average molecular weight is 238 g/mol. The highest BCUT2D eigenvalue weighted by atomic mass is 16.5. The van der Waals surface area contributed by atoms with E-state index in [2.05, 4.69) is 0 Å². The molecule has 0 saturated heterocycles. The Kier molecular flexibility index (Phi) is 5.49. The molecule has 4 heteroatoms. The monoisotopic (exact) mass is 238 g/mol. The lowest BCUT2D eigenvalue weighted by molar-refractivity contribution is -0.149. The summed E-state index contributed by atoms with van der Waals surface area (Å²) in [5, 5.41) is 8.95. The van der Waals surface area contributed by atoms with E-state index in [9.17, 15) is 4.79 Å². The molecular formula is C13H18O4. The normalized spacial score (nSPS) is 12.1. The number of aliphatic carboxylic acids is 1. The Bertz CT molecular complexity index is 345. The van der Waals surface area contributed by atoms with Crippen LogP contribution in [0.4, 0.5) is 0 Å². The number of carbonyl (C=O) groups is 1. The summed E-state index contributed by atoms with van der Waals surface area (Å²) in [5.41, 5.74) is 0.925. The second-order valence-electron chi connectivity index (χ2n) is 3.56. The van der Waals surface area contributed by atoms with Crippen LogP contribution in [-0.4, -0.2) is 30.4 Å². The zero-order valence-electron chi connectivity index (χ0n) is 10.2. The molecule has 0 aliphatic carbocycles. The van der Waals surface area contributed by atoms with Crippen LogP contribution in [0.1, 0.15) is 19.4 Å². The van der Waals surface area contributed by atoms with Crippen molar-refractivity contribution in [3.05, 3.63) is 29.8 Å². The Balaban J connectivity index is 2.63. The van der Waals surface area contributed by atoms with Gasteiger partial charge >= 0.3 is 5.97 Å². The second kappa shape index (κ2) is 6.91. The molecule has 4 nitrogen and oxygen atoms in total. The van der Waals surface area contributed by atoms with Gasteiger partial charge in [-0.25, -0.2) is 4.79 Å². The third-order valence-electron chi connectivity index (χ3n) is 2.30. The summed E-state index contributed by atoms with van der Waals surface area (Å²) in [6.45, 7) is 4.72. The Morgan fingerprint density at radius 1 is 1.24 bits per heavy atom. The minimum atomic E-state index is -0.930. The predicted molar refractivity (Wildman–Crippen MR) is 64.4 cm³/mol. The topological polar surface area (TPSA) is 55.8 Å². The Labute approximate surface area is 101 Å². The molecule has 0 amide bonds. The molecule has 0 saturated carbocycles. The first-order valence-electron chi connectivity index (χ1n) is 5.73. The van der Waals surface area contributed by atoms with Crippen molar-refractivity contribution in [2.45, 2.75) is 26.4 Å². The van der Waals surface area contributed by atoms with Gasteiger partial charge in [0.2, 0.25) is 0 Å². The molecule has 0 fully saturated rings. The van der Waals surface area contributed by atoms with E-state index in [1.165, 1.54) is 0 Å². The SMILES string of the molecule is CCOc1ccc(C[C@H](OCC)C(=O)O)cc1. The number of benzene rings is 1. The second-order valence-corrected chi connectivity index (χ2v) is 3.56. The van der Waals surface area contributed by atoms with Crippen LogP contribution < -0.4 is 4.74 Å². The van der Waals surface area contributed by atoms with E-state index in [0.717, 1.165) is 11.3 Å². The number of carboxylic acids is 1. The van der Waals surface area contributed by atoms with Gasteiger partial charge in [0, 0.05) is 13.0 Å². The summed E-state index contributed by atoms with van der Waals surface area (Å²) >= 11 is 0. The maximum absolute atomic E-state index is 10.9. The summed E-state index contributed by atoms with van der Waals surface area (Å²) < 4.78 is 10.5. The van der Waals surface area contributed by atoms with E-state index in [-0.39, 0.29) is 0 Å². The first-order chi connectivity index (χ1) is 8.17. The lowest BCUT2D eigenvalue weighted by Gasteiger charge is -2.12. The lowest BCUT2D eigenvalue weighted by atomic mass is 10.1. The number of ether oxygens (including phenoxy) is 2. The van der Waals surface area contributed by atoms with Gasteiger partial charge in [0.1, 0.15) is 5.75 Å². The fraction of sp³-hybridized carbons (Fsp3) is 0.462. The molecule has 0 aliphatic rings. The molecule has 1 aromatic rings. The van der Waals surface area contributed by atoms with Gasteiger partial charge < -0.3 is 14.6 Å². The van der Waals surface area contributed by atoms with E-state index < -0.39 is 12.1 Å². The fourth-order valence-corrected chi connectivity index (χ4v) is 1.52. The van der Waals surface area contributed by atoms with Gasteiger partial charge in [0.15, 0.2) is 6.10 Å². The smallest absolute Gasteiger partial charge is 0.333 e. The first kappa shape index (κ1) is 13.5. The van der Waals surface area contributed by atoms with Crippen LogP contribution >= 0.6 is 0 Å². The highest BCUT2D eigenvalue weighted by Gasteiger charge is 2.17. The number of hydrogen-bond donors (Lipinski definition) is 1. The van der Waals surface area contributed by atoms with E-state index in [1.54, 1.807) is 6.92 Å². The van der Waals surface area contributed by atoms with Crippen LogP contribution in [0.2, 0.25) is 0 Å². The van der Waals surface area contributed by atoms with Crippen molar-refractivity contribution in [1.82, 2.24) is 0 Å². The Hall–Kier alpha value is -1.55. The van der Waals surface area contributed by atoms with Crippen molar-refractivity contribution in [1.29, 1.82) is 0 Å². The Morgan fingerprint density at radius 3 is 2.35 bits per heavy atom. The van der Waals surface area contributed by atoms with Crippen LogP contribution in [-0.2, 0) is 16.0 Å². The minimum Gasteiger partial charge on any atom is -0.494 e. The van der Waals surface area contributed by atoms with Gasteiger partial charge in [-0.1, -0.05) is 12.1 Å². The minimum absolute atomic E-state index is 0.371. The van der Waals surface area contributed by atoms with E-state index in [1.807, 2.05) is 31.2 Å². The van der Waals surface area contributed by atoms with Gasteiger partial charge in [0.05, 0.1) is 6.61 Å². The lowest BCUT2D eigenvalue weighted by Crippen LogP contribution is -2.26. The molecule has 1 aromatic carbocycles. The number of hydrogen-bond acceptors (Lipinski definition) is 3. The third-order valence-corrected chi connectivity index (χ3v) is 2.30. The maximum atomic E-state index is 10.9. The molecule has 0 bridgehead atoms. The van der Waals surface area contributed by atoms with Gasteiger partial charge in [-0.15, -0.1) is 0 Å². The average Bonchev–Trinajstić information content (AvgIpc) is 2.31. The van der Waals surface area contributed by atoms with E-state index in [0.29, 0.717) is 19.6 Å². The largest absolute Gasteiger partial charge is 0.494 e. The summed E-state index contributed by atoms with van der Waals surface area (Å²) in [4.78, 5) is 10.9. The van der Waals surface area contributed by atoms with Gasteiger partial charge in [-0.2, -0.15) is 0 Å². The van der Waals surface area contributed by atoms with E-state index >= 15 is 0 Å². The molecular weight excluding hydrogens is 220 g/mol. The maximum Gasteiger partial charge on any atom is 0.333 e. The molecule has 0 spiro atoms. The van der Waals surface area contributed by atoms with Crippen molar-refractivity contribution < 1.29 is 19.4 Å². The molecule has 0 aliphatic heterocycles. The number of rotatable bonds is 7. The van der Waals surface area contributed by atoms with Crippen molar-refractivity contribution >= 4 is 5.97 Å². The summed E-state index contributed by atoms with van der Waals surface area (Å²) in [6.07, 6.45) is -0.409. The molecule has 17 heavy (non-hydrogen) atoms. The summed E-state index contributed by atoms with van der Waals surface area (Å²) in [7, 11) is 0. The van der Waals surface area contributed by atoms with Gasteiger partial charge in [0.25, 0.3) is 0 Å². The molecule has 94 valence electrons. The molecule has 0 aromatic heterocycles. The zero-order valence-corrected chi connectivity index (χ0v) is 10.2. The Morgan fingerprint density at radius 2 is 1.88 bits per heavy atom. The van der Waals surface area contributed by atoms with E-state index in [4.69, 9.17) is 14.6 Å². The molecule has 0 heterocycles.